The fraction of sp³-hybridized carbons (Fsp3) is 0.480. The van der Waals surface area contributed by atoms with Crippen LogP contribution in [-0.4, -0.2) is 87.2 Å². The number of aromatic nitrogens is 5. The Morgan fingerprint density at radius 3 is 2.75 bits per heavy atom. The molecule has 0 saturated carbocycles. The van der Waals surface area contributed by atoms with E-state index in [0.717, 1.165) is 62.8 Å². The molecule has 36 heavy (non-hydrogen) atoms. The normalized spacial score (nSPS) is 18.6. The van der Waals surface area contributed by atoms with Crippen molar-refractivity contribution < 1.29 is 14.3 Å². The zero-order chi connectivity index (χ0) is 24.9. The fourth-order valence-corrected chi connectivity index (χ4v) is 4.65. The Balaban J connectivity index is 1.16. The molecular formula is C25H32N8O3. The lowest BCUT2D eigenvalue weighted by Crippen LogP contribution is -2.47. The summed E-state index contributed by atoms with van der Waals surface area (Å²) < 4.78 is 8.88. The van der Waals surface area contributed by atoms with Gasteiger partial charge in [0.2, 0.25) is 5.82 Å². The molecule has 1 atom stereocenters. The average Bonchev–Trinajstić information content (AvgIpc) is 3.52. The van der Waals surface area contributed by atoms with E-state index in [1.807, 2.05) is 41.1 Å². The SMILES string of the molecule is CN1C(=O)[C@@H](NC(=O)c2ncn(Cc3ccccc3)n2)CCn2nc(CCCN3CCOCC3)cc21. The number of anilines is 1. The van der Waals surface area contributed by atoms with E-state index in [1.54, 1.807) is 16.6 Å². The quantitative estimate of drug-likeness (QED) is 0.499. The van der Waals surface area contributed by atoms with Gasteiger partial charge in [0.05, 0.1) is 25.5 Å². The summed E-state index contributed by atoms with van der Waals surface area (Å²) in [5, 5.41) is 11.8. The van der Waals surface area contributed by atoms with Gasteiger partial charge in [-0.2, -0.15) is 5.10 Å². The third kappa shape index (κ3) is 5.63. The van der Waals surface area contributed by atoms with E-state index in [4.69, 9.17) is 9.84 Å². The Morgan fingerprint density at radius 2 is 1.94 bits per heavy atom. The number of likely N-dealkylation sites (N-methyl/N-ethyl adjacent to an activating group) is 1. The van der Waals surface area contributed by atoms with Gasteiger partial charge in [0.15, 0.2) is 0 Å². The Hall–Kier alpha value is -3.57. The van der Waals surface area contributed by atoms with Crippen molar-refractivity contribution in [2.75, 3.05) is 44.8 Å². The number of nitrogens with one attached hydrogen (secondary N) is 1. The minimum atomic E-state index is -0.671. The molecule has 190 valence electrons. The lowest BCUT2D eigenvalue weighted by Gasteiger charge is -2.26. The summed E-state index contributed by atoms with van der Waals surface area (Å²) in [6.07, 6.45) is 3.84. The minimum absolute atomic E-state index is 0.0472. The van der Waals surface area contributed by atoms with Gasteiger partial charge in [0.1, 0.15) is 18.2 Å². The molecule has 11 nitrogen and oxygen atoms in total. The van der Waals surface area contributed by atoms with Crippen LogP contribution in [0, 0.1) is 0 Å². The van der Waals surface area contributed by atoms with Crippen molar-refractivity contribution >= 4 is 17.6 Å². The molecule has 0 bridgehead atoms. The van der Waals surface area contributed by atoms with Crippen LogP contribution in [0.2, 0.25) is 0 Å². The van der Waals surface area contributed by atoms with Crippen LogP contribution in [0.5, 0.6) is 0 Å². The molecular weight excluding hydrogens is 460 g/mol. The summed E-state index contributed by atoms with van der Waals surface area (Å²) in [7, 11) is 1.73. The van der Waals surface area contributed by atoms with Crippen molar-refractivity contribution in [2.45, 2.75) is 38.4 Å². The van der Waals surface area contributed by atoms with Crippen LogP contribution in [0.15, 0.2) is 42.7 Å². The van der Waals surface area contributed by atoms with Crippen molar-refractivity contribution in [2.24, 2.45) is 0 Å². The number of hydrogen-bond donors (Lipinski definition) is 1. The number of rotatable bonds is 8. The zero-order valence-electron chi connectivity index (χ0n) is 20.5. The predicted octanol–water partition coefficient (Wildman–Crippen LogP) is 0.953. The molecule has 4 heterocycles. The molecule has 0 unspecified atom stereocenters. The summed E-state index contributed by atoms with van der Waals surface area (Å²) in [5.74, 6) is 0.164. The number of amides is 2. The number of morpholine rings is 1. The maximum atomic E-state index is 13.2. The third-order valence-electron chi connectivity index (χ3n) is 6.65. The standard InChI is InChI=1S/C25H32N8O3/c1-30-22-16-20(8-5-10-31-12-14-36-15-13-31)28-33(22)11-9-21(25(30)35)27-24(34)23-26-18-32(29-23)17-19-6-3-2-4-7-19/h2-4,6-7,16,18,21H,5,8-15,17H2,1H3,(H,27,34)/t21-/m0/s1. The number of fused-ring (bicyclic) bond motifs is 1. The van der Waals surface area contributed by atoms with E-state index in [2.05, 4.69) is 20.3 Å². The Kier molecular flexibility index (Phi) is 7.38. The molecule has 2 aliphatic rings. The Bertz CT molecular complexity index is 1190. The van der Waals surface area contributed by atoms with Crippen LogP contribution in [0.4, 0.5) is 5.82 Å². The number of hydrogen-bond acceptors (Lipinski definition) is 7. The molecule has 5 rings (SSSR count). The van der Waals surface area contributed by atoms with Gasteiger partial charge in [-0.3, -0.25) is 19.4 Å². The molecule has 1 saturated heterocycles. The van der Waals surface area contributed by atoms with Crippen LogP contribution in [0.1, 0.15) is 34.7 Å². The first-order valence-corrected chi connectivity index (χ1v) is 12.5. The summed E-state index contributed by atoms with van der Waals surface area (Å²) >= 11 is 0. The maximum absolute atomic E-state index is 13.2. The Morgan fingerprint density at radius 1 is 1.14 bits per heavy atom. The molecule has 3 aromatic rings. The molecule has 0 spiro atoms. The predicted molar refractivity (Wildman–Crippen MR) is 133 cm³/mol. The van der Waals surface area contributed by atoms with E-state index >= 15 is 0 Å². The van der Waals surface area contributed by atoms with Crippen LogP contribution in [0.3, 0.4) is 0 Å². The van der Waals surface area contributed by atoms with Crippen LogP contribution in [0.25, 0.3) is 0 Å². The second-order valence-electron chi connectivity index (χ2n) is 9.24. The maximum Gasteiger partial charge on any atom is 0.291 e. The Labute approximate surface area is 210 Å². The first-order chi connectivity index (χ1) is 17.6. The van der Waals surface area contributed by atoms with Crippen molar-refractivity contribution in [3.63, 3.8) is 0 Å². The van der Waals surface area contributed by atoms with Crippen LogP contribution >= 0.6 is 0 Å². The van der Waals surface area contributed by atoms with Crippen molar-refractivity contribution in [3.05, 3.63) is 59.8 Å². The molecule has 2 amide bonds. The van der Waals surface area contributed by atoms with Gasteiger partial charge >= 0.3 is 0 Å². The van der Waals surface area contributed by atoms with E-state index < -0.39 is 11.9 Å². The number of nitrogens with zero attached hydrogens (tertiary/aromatic N) is 7. The monoisotopic (exact) mass is 492 g/mol. The summed E-state index contributed by atoms with van der Waals surface area (Å²) in [4.78, 5) is 34.1. The number of carbonyl (C=O) groups excluding carboxylic acids is 2. The molecule has 1 aromatic carbocycles. The number of benzene rings is 1. The van der Waals surface area contributed by atoms with Crippen LogP contribution < -0.4 is 10.2 Å². The average molecular weight is 493 g/mol. The molecule has 0 radical (unpaired) electrons. The van der Waals surface area contributed by atoms with Crippen molar-refractivity contribution in [3.8, 4) is 0 Å². The smallest absolute Gasteiger partial charge is 0.291 e. The molecule has 11 heteroatoms. The van der Waals surface area contributed by atoms with Gasteiger partial charge in [0, 0.05) is 32.7 Å². The zero-order valence-corrected chi connectivity index (χ0v) is 20.5. The van der Waals surface area contributed by atoms with Crippen molar-refractivity contribution in [1.82, 2.24) is 34.8 Å². The highest BCUT2D eigenvalue weighted by Crippen LogP contribution is 2.22. The van der Waals surface area contributed by atoms with Gasteiger partial charge in [-0.1, -0.05) is 30.3 Å². The first-order valence-electron chi connectivity index (χ1n) is 12.5. The van der Waals surface area contributed by atoms with Gasteiger partial charge in [-0.05, 0) is 31.4 Å². The summed E-state index contributed by atoms with van der Waals surface area (Å²) in [6.45, 7) is 5.63. The van der Waals surface area contributed by atoms with Gasteiger partial charge in [-0.25, -0.2) is 14.3 Å². The number of carbonyl (C=O) groups is 2. The topological polar surface area (TPSA) is 110 Å². The van der Waals surface area contributed by atoms with Gasteiger partial charge in [0.25, 0.3) is 11.8 Å². The lowest BCUT2D eigenvalue weighted by atomic mass is 10.2. The first kappa shape index (κ1) is 24.1. The number of ether oxygens (including phenoxy) is 1. The molecule has 2 aromatic heterocycles. The second kappa shape index (κ2) is 11.0. The van der Waals surface area contributed by atoms with E-state index in [9.17, 15) is 9.59 Å². The molecule has 2 aliphatic heterocycles. The fourth-order valence-electron chi connectivity index (χ4n) is 4.65. The van der Waals surface area contributed by atoms with Gasteiger partial charge in [-0.15, -0.1) is 5.10 Å². The lowest BCUT2D eigenvalue weighted by molar-refractivity contribution is -0.120. The van der Waals surface area contributed by atoms with Crippen molar-refractivity contribution in [1.29, 1.82) is 0 Å². The largest absolute Gasteiger partial charge is 0.379 e. The third-order valence-corrected chi connectivity index (χ3v) is 6.65. The summed E-state index contributed by atoms with van der Waals surface area (Å²) in [5.41, 5.74) is 2.04. The highest BCUT2D eigenvalue weighted by Gasteiger charge is 2.31. The van der Waals surface area contributed by atoms with E-state index in [1.165, 1.54) is 6.33 Å². The molecule has 1 fully saturated rings. The number of aryl methyl sites for hydroxylation is 2. The summed E-state index contributed by atoms with van der Waals surface area (Å²) in [6, 6.07) is 11.1. The molecule has 0 aliphatic carbocycles. The van der Waals surface area contributed by atoms with E-state index in [0.29, 0.717) is 19.5 Å². The minimum Gasteiger partial charge on any atom is -0.379 e. The van der Waals surface area contributed by atoms with E-state index in [-0.39, 0.29) is 11.7 Å². The highest BCUT2D eigenvalue weighted by atomic mass is 16.5. The second-order valence-corrected chi connectivity index (χ2v) is 9.24. The molecule has 1 N–H and O–H groups in total. The van der Waals surface area contributed by atoms with Crippen LogP contribution in [-0.2, 0) is 29.0 Å². The van der Waals surface area contributed by atoms with Gasteiger partial charge < -0.3 is 10.1 Å². The highest BCUT2D eigenvalue weighted by molar-refractivity contribution is 6.00.